The molecule has 0 bridgehead atoms. The number of amides is 1. The first-order valence-electron chi connectivity index (χ1n) is 6.15. The Morgan fingerprint density at radius 2 is 2.14 bits per heavy atom. The molecule has 0 saturated heterocycles. The minimum atomic E-state index is -0.302. The summed E-state index contributed by atoms with van der Waals surface area (Å²) < 4.78 is 6.40. The second-order valence-corrected chi connectivity index (χ2v) is 7.11. The lowest BCUT2D eigenvalue weighted by molar-refractivity contribution is -0.139. The fraction of sp³-hybridized carbons (Fsp3) is 0.214. The zero-order chi connectivity index (χ0) is 15.2. The molecule has 0 aromatic heterocycles. The molecule has 0 saturated carbocycles. The summed E-state index contributed by atoms with van der Waals surface area (Å²) >= 11 is 5.87. The molecule has 0 unspecified atom stereocenters. The quantitative estimate of drug-likeness (QED) is 0.583. The van der Waals surface area contributed by atoms with Crippen molar-refractivity contribution in [3.8, 4) is 0 Å². The first-order chi connectivity index (χ1) is 10.1. The molecule has 1 aromatic carbocycles. The minimum Gasteiger partial charge on any atom is -0.465 e. The van der Waals surface area contributed by atoms with Gasteiger partial charge in [0.25, 0.3) is 5.91 Å². The van der Waals surface area contributed by atoms with Gasteiger partial charge in [0.05, 0.1) is 17.3 Å². The number of thioether (sulfide) groups is 2. The molecular formula is C14H12BrNO3S2. The Labute approximate surface area is 139 Å². The molecule has 1 heterocycles. The maximum absolute atomic E-state index is 11.8. The van der Waals surface area contributed by atoms with Gasteiger partial charge in [-0.1, -0.05) is 51.6 Å². The van der Waals surface area contributed by atoms with Gasteiger partial charge < -0.3 is 4.74 Å². The van der Waals surface area contributed by atoms with Crippen molar-refractivity contribution >= 4 is 61.8 Å². The van der Waals surface area contributed by atoms with Crippen LogP contribution in [0.15, 0.2) is 38.6 Å². The Morgan fingerprint density at radius 1 is 1.43 bits per heavy atom. The fourth-order valence-corrected chi connectivity index (χ4v) is 3.55. The van der Waals surface area contributed by atoms with E-state index in [1.165, 1.54) is 23.5 Å². The summed E-state index contributed by atoms with van der Waals surface area (Å²) in [6.07, 6.45) is 1.79. The van der Waals surface area contributed by atoms with E-state index in [1.54, 1.807) is 13.0 Å². The summed E-state index contributed by atoms with van der Waals surface area (Å²) in [4.78, 5) is 27.6. The van der Waals surface area contributed by atoms with Gasteiger partial charge in [0, 0.05) is 4.47 Å². The van der Waals surface area contributed by atoms with Gasteiger partial charge in [0.15, 0.2) is 0 Å². The lowest BCUT2D eigenvalue weighted by Gasteiger charge is -2.00. The van der Waals surface area contributed by atoms with Crippen LogP contribution in [0.2, 0.25) is 0 Å². The van der Waals surface area contributed by atoms with Crippen molar-refractivity contribution in [1.29, 1.82) is 0 Å². The number of rotatable bonds is 4. The second kappa shape index (κ2) is 7.82. The van der Waals surface area contributed by atoms with E-state index in [9.17, 15) is 9.59 Å². The summed E-state index contributed by atoms with van der Waals surface area (Å²) in [5, 5.41) is 0. The summed E-state index contributed by atoms with van der Waals surface area (Å²) in [5.74, 6) is -0.406. The number of hydrogen-bond acceptors (Lipinski definition) is 5. The van der Waals surface area contributed by atoms with Crippen LogP contribution in [0.3, 0.4) is 0 Å². The molecule has 0 N–H and O–H groups in total. The number of aliphatic imine (C=N–C) groups is 1. The van der Waals surface area contributed by atoms with E-state index in [2.05, 4.69) is 20.9 Å². The van der Waals surface area contributed by atoms with Crippen molar-refractivity contribution < 1.29 is 14.3 Å². The summed E-state index contributed by atoms with van der Waals surface area (Å²) in [6.45, 7) is 2.11. The smallest absolute Gasteiger partial charge is 0.316 e. The molecule has 0 atom stereocenters. The van der Waals surface area contributed by atoms with Crippen LogP contribution in [0.25, 0.3) is 6.08 Å². The molecule has 7 heteroatoms. The highest BCUT2D eigenvalue weighted by Crippen LogP contribution is 2.33. The average Bonchev–Trinajstić information content (AvgIpc) is 2.80. The van der Waals surface area contributed by atoms with E-state index in [-0.39, 0.29) is 17.6 Å². The number of carbonyl (C=O) groups excluding carboxylic acids is 2. The number of benzene rings is 1. The Bertz CT molecular complexity index is 611. The largest absolute Gasteiger partial charge is 0.465 e. The highest BCUT2D eigenvalue weighted by atomic mass is 79.9. The maximum Gasteiger partial charge on any atom is 0.316 e. The summed E-state index contributed by atoms with van der Waals surface area (Å²) in [7, 11) is 0. The molecule has 4 nitrogen and oxygen atoms in total. The van der Waals surface area contributed by atoms with Gasteiger partial charge in [-0.05, 0) is 30.7 Å². The number of halogens is 1. The van der Waals surface area contributed by atoms with Crippen LogP contribution in [0.5, 0.6) is 0 Å². The number of carbonyl (C=O) groups is 2. The number of hydrogen-bond donors (Lipinski definition) is 0. The molecule has 2 rings (SSSR count). The van der Waals surface area contributed by atoms with Crippen LogP contribution in [0, 0.1) is 0 Å². The van der Waals surface area contributed by atoms with E-state index in [0.29, 0.717) is 15.9 Å². The third-order valence-corrected chi connectivity index (χ3v) is 5.02. The molecular weight excluding hydrogens is 374 g/mol. The minimum absolute atomic E-state index is 0.165. The topological polar surface area (TPSA) is 55.7 Å². The number of esters is 1. The van der Waals surface area contributed by atoms with Gasteiger partial charge in [0.2, 0.25) is 0 Å². The lowest BCUT2D eigenvalue weighted by Crippen LogP contribution is -2.07. The van der Waals surface area contributed by atoms with Crippen molar-refractivity contribution in [1.82, 2.24) is 0 Å². The van der Waals surface area contributed by atoms with E-state index < -0.39 is 0 Å². The molecule has 1 aliphatic heterocycles. The predicted molar refractivity (Wildman–Crippen MR) is 91.2 cm³/mol. The van der Waals surface area contributed by atoms with Crippen LogP contribution < -0.4 is 0 Å². The predicted octanol–water partition coefficient (Wildman–Crippen LogP) is 3.72. The zero-order valence-corrected chi connectivity index (χ0v) is 14.4. The number of nitrogens with zero attached hydrogens (tertiary/aromatic N) is 1. The average molecular weight is 386 g/mol. The molecule has 1 aromatic rings. The van der Waals surface area contributed by atoms with Crippen LogP contribution >= 0.6 is 39.5 Å². The van der Waals surface area contributed by atoms with Gasteiger partial charge >= 0.3 is 5.97 Å². The SMILES string of the molecule is CCOC(=O)CSC1=NC(=O)C(=Cc2ccc(Br)cc2)S1. The molecule has 110 valence electrons. The highest BCUT2D eigenvalue weighted by molar-refractivity contribution is 9.10. The first-order valence-corrected chi connectivity index (χ1v) is 8.74. The lowest BCUT2D eigenvalue weighted by atomic mass is 10.2. The van der Waals surface area contributed by atoms with E-state index in [4.69, 9.17) is 4.74 Å². The van der Waals surface area contributed by atoms with Crippen LogP contribution in [0.4, 0.5) is 0 Å². The molecule has 0 radical (unpaired) electrons. The van der Waals surface area contributed by atoms with E-state index in [0.717, 1.165) is 10.0 Å². The summed E-state index contributed by atoms with van der Waals surface area (Å²) in [5.41, 5.74) is 0.931. The Morgan fingerprint density at radius 3 is 2.81 bits per heavy atom. The highest BCUT2D eigenvalue weighted by Gasteiger charge is 2.22. The third-order valence-electron chi connectivity index (χ3n) is 2.39. The van der Waals surface area contributed by atoms with Crippen molar-refractivity contribution in [3.05, 3.63) is 39.2 Å². The first kappa shape index (κ1) is 16.3. The third kappa shape index (κ3) is 5.01. The Balaban J connectivity index is 1.96. The van der Waals surface area contributed by atoms with Crippen molar-refractivity contribution in [2.75, 3.05) is 12.4 Å². The Hall–Kier alpha value is -1.05. The van der Waals surface area contributed by atoms with Gasteiger partial charge in [0.1, 0.15) is 4.38 Å². The molecule has 0 spiro atoms. The second-order valence-electron chi connectivity index (χ2n) is 3.94. The van der Waals surface area contributed by atoms with Gasteiger partial charge in [-0.25, -0.2) is 0 Å². The molecule has 1 amide bonds. The van der Waals surface area contributed by atoms with Crippen LogP contribution in [-0.4, -0.2) is 28.6 Å². The van der Waals surface area contributed by atoms with E-state index >= 15 is 0 Å². The normalized spacial score (nSPS) is 16.2. The van der Waals surface area contributed by atoms with Crippen molar-refractivity contribution in [2.24, 2.45) is 4.99 Å². The Kier molecular flexibility index (Phi) is 6.08. The van der Waals surface area contributed by atoms with Gasteiger partial charge in [-0.15, -0.1) is 0 Å². The maximum atomic E-state index is 11.8. The van der Waals surface area contributed by atoms with Gasteiger partial charge in [-0.2, -0.15) is 4.99 Å². The molecule has 1 aliphatic rings. The van der Waals surface area contributed by atoms with E-state index in [1.807, 2.05) is 24.3 Å². The standard InChI is InChI=1S/C14H12BrNO3S2/c1-2-19-12(17)8-20-14-16-13(18)11(21-14)7-9-3-5-10(15)6-4-9/h3-7H,2,8H2,1H3. The number of ether oxygens (including phenoxy) is 1. The zero-order valence-electron chi connectivity index (χ0n) is 11.2. The summed E-state index contributed by atoms with van der Waals surface area (Å²) in [6, 6.07) is 7.64. The van der Waals surface area contributed by atoms with Gasteiger partial charge in [-0.3, -0.25) is 9.59 Å². The molecule has 21 heavy (non-hydrogen) atoms. The van der Waals surface area contributed by atoms with Crippen LogP contribution in [0.1, 0.15) is 12.5 Å². The fourth-order valence-electron chi connectivity index (χ4n) is 1.49. The molecule has 0 fully saturated rings. The molecule has 0 aliphatic carbocycles. The van der Waals surface area contributed by atoms with Crippen LogP contribution in [-0.2, 0) is 14.3 Å². The van der Waals surface area contributed by atoms with Crippen molar-refractivity contribution in [3.63, 3.8) is 0 Å². The monoisotopic (exact) mass is 385 g/mol. The van der Waals surface area contributed by atoms with Crippen molar-refractivity contribution in [2.45, 2.75) is 6.92 Å².